The Morgan fingerprint density at radius 3 is 2.65 bits per heavy atom. The van der Waals surface area contributed by atoms with Crippen LogP contribution >= 0.6 is 0 Å². The number of carbonyl (C=O) groups excluding carboxylic acids is 1. The number of carbonyl (C=O) groups is 1. The number of rotatable bonds is 5. The molecule has 0 aliphatic rings. The molecule has 3 aromatic rings. The van der Waals surface area contributed by atoms with Crippen molar-refractivity contribution in [2.24, 2.45) is 0 Å². The second-order valence-corrected chi connectivity index (χ2v) is 5.88. The van der Waals surface area contributed by atoms with E-state index in [4.69, 9.17) is 4.42 Å². The van der Waals surface area contributed by atoms with E-state index in [-0.39, 0.29) is 11.9 Å². The first-order chi connectivity index (χ1) is 11.1. The van der Waals surface area contributed by atoms with Gasteiger partial charge in [-0.05, 0) is 42.0 Å². The van der Waals surface area contributed by atoms with Crippen molar-refractivity contribution in [1.82, 2.24) is 0 Å². The predicted molar refractivity (Wildman–Crippen MR) is 91.3 cm³/mol. The van der Waals surface area contributed by atoms with Crippen molar-refractivity contribution in [3.05, 3.63) is 66.6 Å². The number of hydrogen-bond donors (Lipinski definition) is 2. The predicted octanol–water partition coefficient (Wildman–Crippen LogP) is 2.47. The van der Waals surface area contributed by atoms with Crippen LogP contribution in [0, 0.1) is 0 Å². The third-order valence-electron chi connectivity index (χ3n) is 4.18. The topological polar surface area (TPSA) is 46.7 Å². The lowest BCUT2D eigenvalue weighted by Gasteiger charge is -2.20. The molecule has 1 heterocycles. The first-order valence-electron chi connectivity index (χ1n) is 7.78. The van der Waals surface area contributed by atoms with Gasteiger partial charge in [-0.15, -0.1) is 0 Å². The molecule has 4 nitrogen and oxygen atoms in total. The van der Waals surface area contributed by atoms with Crippen molar-refractivity contribution >= 4 is 22.4 Å². The van der Waals surface area contributed by atoms with Gasteiger partial charge in [0.15, 0.2) is 11.8 Å². The van der Waals surface area contributed by atoms with E-state index in [1.807, 2.05) is 62.5 Å². The van der Waals surface area contributed by atoms with Crippen molar-refractivity contribution in [2.75, 3.05) is 12.4 Å². The summed E-state index contributed by atoms with van der Waals surface area (Å²) in [4.78, 5) is 13.5. The maximum atomic E-state index is 12.5. The van der Waals surface area contributed by atoms with Crippen molar-refractivity contribution < 1.29 is 14.1 Å². The van der Waals surface area contributed by atoms with Crippen LogP contribution in [-0.4, -0.2) is 19.0 Å². The fraction of sp³-hybridized carbons (Fsp3) is 0.211. The molecule has 1 aromatic heterocycles. The van der Waals surface area contributed by atoms with E-state index in [0.29, 0.717) is 6.54 Å². The summed E-state index contributed by atoms with van der Waals surface area (Å²) in [5, 5.41) is 5.29. The van der Waals surface area contributed by atoms with Gasteiger partial charge in [-0.25, -0.2) is 0 Å². The fourth-order valence-corrected chi connectivity index (χ4v) is 2.58. The van der Waals surface area contributed by atoms with Gasteiger partial charge < -0.3 is 14.6 Å². The molecule has 0 radical (unpaired) electrons. The highest BCUT2D eigenvalue weighted by Crippen LogP contribution is 2.18. The molecule has 0 fully saturated rings. The van der Waals surface area contributed by atoms with Crippen molar-refractivity contribution in [3.8, 4) is 0 Å². The normalized spacial score (nSPS) is 13.7. The van der Waals surface area contributed by atoms with E-state index in [1.54, 1.807) is 6.26 Å². The molecule has 1 unspecified atom stereocenters. The van der Waals surface area contributed by atoms with Crippen LogP contribution in [0.1, 0.15) is 12.7 Å². The molecule has 0 bridgehead atoms. The molecule has 0 saturated carbocycles. The van der Waals surface area contributed by atoms with Crippen LogP contribution in [-0.2, 0) is 11.3 Å². The minimum atomic E-state index is -0.174. The molecular formula is C19H21N2O2+. The zero-order valence-electron chi connectivity index (χ0n) is 13.4. The molecule has 118 valence electrons. The van der Waals surface area contributed by atoms with Crippen LogP contribution in [0.5, 0.6) is 0 Å². The van der Waals surface area contributed by atoms with Gasteiger partial charge in [0.25, 0.3) is 5.91 Å². The van der Waals surface area contributed by atoms with Gasteiger partial charge in [0.1, 0.15) is 6.54 Å². The monoisotopic (exact) mass is 309 g/mol. The zero-order chi connectivity index (χ0) is 16.2. The number of anilines is 1. The van der Waals surface area contributed by atoms with Crippen LogP contribution in [0.4, 0.5) is 5.69 Å². The molecule has 23 heavy (non-hydrogen) atoms. The molecule has 0 aliphatic heterocycles. The molecule has 3 rings (SSSR count). The maximum Gasteiger partial charge on any atom is 0.282 e. The molecule has 2 atom stereocenters. The van der Waals surface area contributed by atoms with Gasteiger partial charge in [-0.1, -0.05) is 30.3 Å². The summed E-state index contributed by atoms with van der Waals surface area (Å²) in [6, 6.07) is 17.7. The fourth-order valence-electron chi connectivity index (χ4n) is 2.58. The summed E-state index contributed by atoms with van der Waals surface area (Å²) in [5.74, 6) is 0.886. The standard InChI is InChI=1S/C19H20N2O2/c1-14(21(2)13-18-8-5-11-23-18)19(22)20-17-10-9-15-6-3-4-7-16(15)12-17/h3-12,14H,13H2,1-2H3,(H,20,22)/p+1/t14-/m1/s1. The molecule has 4 heteroatoms. The minimum absolute atomic E-state index is 0.00402. The van der Waals surface area contributed by atoms with E-state index in [9.17, 15) is 4.79 Å². The quantitative estimate of drug-likeness (QED) is 0.760. The van der Waals surface area contributed by atoms with Gasteiger partial charge >= 0.3 is 0 Å². The molecule has 0 aliphatic carbocycles. The number of fused-ring (bicyclic) bond motifs is 1. The van der Waals surface area contributed by atoms with Gasteiger partial charge in [-0.2, -0.15) is 0 Å². The van der Waals surface area contributed by atoms with Gasteiger partial charge in [0, 0.05) is 5.69 Å². The van der Waals surface area contributed by atoms with E-state index < -0.39 is 0 Å². The summed E-state index contributed by atoms with van der Waals surface area (Å²) in [5.41, 5.74) is 0.825. The summed E-state index contributed by atoms with van der Waals surface area (Å²) >= 11 is 0. The Hall–Kier alpha value is -2.59. The average molecular weight is 309 g/mol. The van der Waals surface area contributed by atoms with Gasteiger partial charge in [0.05, 0.1) is 13.3 Å². The van der Waals surface area contributed by atoms with Crippen LogP contribution in [0.3, 0.4) is 0 Å². The Bertz CT molecular complexity index is 796. The summed E-state index contributed by atoms with van der Waals surface area (Å²) < 4.78 is 5.35. The molecular weight excluding hydrogens is 288 g/mol. The van der Waals surface area contributed by atoms with Gasteiger partial charge in [-0.3, -0.25) is 4.79 Å². The zero-order valence-corrected chi connectivity index (χ0v) is 13.4. The van der Waals surface area contributed by atoms with Gasteiger partial charge in [0.2, 0.25) is 0 Å². The number of nitrogens with one attached hydrogen (secondary N) is 2. The average Bonchev–Trinajstić information content (AvgIpc) is 3.07. The summed E-state index contributed by atoms with van der Waals surface area (Å²) in [6.07, 6.45) is 1.66. The van der Waals surface area contributed by atoms with E-state index in [0.717, 1.165) is 21.7 Å². The smallest absolute Gasteiger partial charge is 0.282 e. The third kappa shape index (κ3) is 3.60. The van der Waals surface area contributed by atoms with E-state index in [1.165, 1.54) is 5.39 Å². The molecule has 2 aromatic carbocycles. The van der Waals surface area contributed by atoms with Crippen LogP contribution in [0.25, 0.3) is 10.8 Å². The number of amides is 1. The Morgan fingerprint density at radius 2 is 1.91 bits per heavy atom. The second-order valence-electron chi connectivity index (χ2n) is 5.88. The molecule has 2 N–H and O–H groups in total. The first kappa shape index (κ1) is 15.3. The number of quaternary nitrogens is 1. The maximum absolute atomic E-state index is 12.5. The minimum Gasteiger partial charge on any atom is -0.463 e. The first-order valence-corrected chi connectivity index (χ1v) is 7.78. The Kier molecular flexibility index (Phi) is 4.44. The lowest BCUT2D eigenvalue weighted by atomic mass is 10.1. The molecule has 0 saturated heterocycles. The lowest BCUT2D eigenvalue weighted by Crippen LogP contribution is -3.12. The molecule has 0 spiro atoms. The van der Waals surface area contributed by atoms with Crippen molar-refractivity contribution in [2.45, 2.75) is 19.5 Å². The SMILES string of the molecule is C[C@H](C(=O)Nc1ccc2ccccc2c1)[NH+](C)Cc1ccco1. The Balaban J connectivity index is 1.66. The van der Waals surface area contributed by atoms with Crippen molar-refractivity contribution in [1.29, 1.82) is 0 Å². The third-order valence-corrected chi connectivity index (χ3v) is 4.18. The number of likely N-dealkylation sites (N-methyl/N-ethyl adjacent to an activating group) is 1. The lowest BCUT2D eigenvalue weighted by molar-refractivity contribution is -0.908. The van der Waals surface area contributed by atoms with E-state index >= 15 is 0 Å². The largest absolute Gasteiger partial charge is 0.463 e. The highest BCUT2D eigenvalue weighted by atomic mass is 16.3. The van der Waals surface area contributed by atoms with Crippen LogP contribution in [0.2, 0.25) is 0 Å². The summed E-state index contributed by atoms with van der Waals surface area (Å²) in [6.45, 7) is 2.61. The highest BCUT2D eigenvalue weighted by molar-refractivity contribution is 5.96. The summed E-state index contributed by atoms with van der Waals surface area (Å²) in [7, 11) is 1.99. The second kappa shape index (κ2) is 6.67. The Morgan fingerprint density at radius 1 is 1.13 bits per heavy atom. The number of hydrogen-bond acceptors (Lipinski definition) is 2. The number of furan rings is 1. The van der Waals surface area contributed by atoms with E-state index in [2.05, 4.69) is 11.4 Å². The molecule has 1 amide bonds. The highest BCUT2D eigenvalue weighted by Gasteiger charge is 2.22. The number of benzene rings is 2. The van der Waals surface area contributed by atoms with Crippen molar-refractivity contribution in [3.63, 3.8) is 0 Å². The van der Waals surface area contributed by atoms with Crippen LogP contribution < -0.4 is 10.2 Å². The van der Waals surface area contributed by atoms with Crippen LogP contribution in [0.15, 0.2) is 65.3 Å². The Labute approximate surface area is 135 Å².